The quantitative estimate of drug-likeness (QED) is 0.358. The van der Waals surface area contributed by atoms with Crippen molar-refractivity contribution in [2.75, 3.05) is 11.9 Å². The van der Waals surface area contributed by atoms with Gasteiger partial charge in [-0.1, -0.05) is 36.4 Å². The summed E-state index contributed by atoms with van der Waals surface area (Å²) in [6.07, 6.45) is 1.86. The molecule has 0 fully saturated rings. The molecule has 0 unspecified atom stereocenters. The lowest BCUT2D eigenvalue weighted by Crippen LogP contribution is -2.21. The highest BCUT2D eigenvalue weighted by Gasteiger charge is 2.24. The van der Waals surface area contributed by atoms with Crippen LogP contribution in [0.4, 0.5) is 10.1 Å². The minimum atomic E-state index is -1.03. The van der Waals surface area contributed by atoms with Crippen LogP contribution in [-0.2, 0) is 0 Å². The number of Topliss-reactive ketones (excluding diaryl/α,β-unsaturated/α-hetero) is 1. The number of benzene rings is 2. The summed E-state index contributed by atoms with van der Waals surface area (Å²) in [6, 6.07) is 17.7. The van der Waals surface area contributed by atoms with Gasteiger partial charge in [-0.25, -0.2) is 9.37 Å². The number of nitrogens with zero attached hydrogens (tertiary/aromatic N) is 2. The molecule has 4 rings (SSSR count). The van der Waals surface area contributed by atoms with Gasteiger partial charge >= 0.3 is 0 Å². The van der Waals surface area contributed by atoms with Gasteiger partial charge in [-0.3, -0.25) is 14.0 Å². The molecule has 2 aromatic heterocycles. The van der Waals surface area contributed by atoms with Gasteiger partial charge in [0, 0.05) is 30.7 Å². The highest BCUT2D eigenvalue weighted by Crippen LogP contribution is 2.27. The number of aromatic nitrogens is 2. The number of rotatable bonds is 8. The number of hydrogen-bond acceptors (Lipinski definition) is 5. The number of carbonyl (C=O) groups is 2. The molecule has 1 amide bonds. The molecule has 0 aliphatic rings. The molecule has 2 aromatic carbocycles. The molecule has 0 radical (unpaired) electrons. The summed E-state index contributed by atoms with van der Waals surface area (Å²) >= 11 is 0. The van der Waals surface area contributed by atoms with Gasteiger partial charge in [0.05, 0.1) is 18.0 Å². The fraction of sp³-hybridized carbons (Fsp3) is 0.160. The van der Waals surface area contributed by atoms with Crippen molar-refractivity contribution in [1.82, 2.24) is 9.38 Å². The maximum atomic E-state index is 14.4. The maximum absolute atomic E-state index is 14.4. The molecule has 0 aliphatic carbocycles. The van der Waals surface area contributed by atoms with Crippen LogP contribution in [-0.4, -0.2) is 37.9 Å². The zero-order valence-corrected chi connectivity index (χ0v) is 17.6. The fourth-order valence-corrected chi connectivity index (χ4v) is 3.64. The fourth-order valence-electron chi connectivity index (χ4n) is 3.64. The van der Waals surface area contributed by atoms with Gasteiger partial charge in [0.25, 0.3) is 5.91 Å². The van der Waals surface area contributed by atoms with E-state index in [0.717, 1.165) is 6.07 Å². The first kappa shape index (κ1) is 22.3. The zero-order valence-electron chi connectivity index (χ0n) is 17.6. The SMILES string of the molecule is O=C(C[C@H](CO)[C@H](O)c1ccccc1)c1ccc(F)c(NC(=O)c2cnc3ccccn23)c1. The summed E-state index contributed by atoms with van der Waals surface area (Å²) in [5.74, 6) is -2.41. The first-order valence-electron chi connectivity index (χ1n) is 10.4. The smallest absolute Gasteiger partial charge is 0.274 e. The van der Waals surface area contributed by atoms with Crippen molar-refractivity contribution in [3.63, 3.8) is 0 Å². The van der Waals surface area contributed by atoms with Crippen LogP contribution in [0.1, 0.15) is 38.9 Å². The van der Waals surface area contributed by atoms with Crippen molar-refractivity contribution in [2.24, 2.45) is 5.92 Å². The van der Waals surface area contributed by atoms with E-state index in [0.29, 0.717) is 11.2 Å². The van der Waals surface area contributed by atoms with Crippen molar-refractivity contribution in [3.8, 4) is 0 Å². The van der Waals surface area contributed by atoms with Crippen LogP contribution in [0.2, 0.25) is 0 Å². The molecule has 7 nitrogen and oxygen atoms in total. The van der Waals surface area contributed by atoms with Gasteiger partial charge in [0.15, 0.2) is 5.78 Å². The Labute approximate surface area is 189 Å². The number of anilines is 1. The Hall–Kier alpha value is -3.88. The van der Waals surface area contributed by atoms with Crippen molar-refractivity contribution in [2.45, 2.75) is 12.5 Å². The molecule has 0 aliphatic heterocycles. The molecular weight excluding hydrogens is 425 g/mol. The number of nitrogens with one attached hydrogen (secondary N) is 1. The van der Waals surface area contributed by atoms with Crippen LogP contribution in [0.15, 0.2) is 79.1 Å². The van der Waals surface area contributed by atoms with Gasteiger partial charge in [0.2, 0.25) is 0 Å². The third-order valence-corrected chi connectivity index (χ3v) is 5.46. The second-order valence-corrected chi connectivity index (χ2v) is 7.65. The van der Waals surface area contributed by atoms with E-state index in [9.17, 15) is 24.2 Å². The number of carbonyl (C=O) groups excluding carboxylic acids is 2. The van der Waals surface area contributed by atoms with Gasteiger partial charge in [-0.05, 0) is 35.9 Å². The largest absolute Gasteiger partial charge is 0.396 e. The molecule has 4 aromatic rings. The highest BCUT2D eigenvalue weighted by atomic mass is 19.1. The summed E-state index contributed by atoms with van der Waals surface area (Å²) in [5.41, 5.74) is 1.38. The number of pyridine rings is 1. The molecule has 0 bridgehead atoms. The molecule has 2 atom stereocenters. The molecule has 2 heterocycles. The number of amides is 1. The average molecular weight is 447 g/mol. The number of halogens is 1. The summed E-state index contributed by atoms with van der Waals surface area (Å²) < 4.78 is 16.0. The molecule has 168 valence electrons. The lowest BCUT2D eigenvalue weighted by molar-refractivity contribution is 0.0552. The Balaban J connectivity index is 1.51. The van der Waals surface area contributed by atoms with Crippen molar-refractivity contribution in [3.05, 3.63) is 102 Å². The van der Waals surface area contributed by atoms with E-state index < -0.39 is 36.1 Å². The average Bonchev–Trinajstić information content (AvgIpc) is 3.28. The number of hydrogen-bond donors (Lipinski definition) is 3. The number of aliphatic hydroxyl groups excluding tert-OH is 2. The Bertz CT molecular complexity index is 1290. The Morgan fingerprint density at radius 2 is 1.82 bits per heavy atom. The number of imidazole rings is 1. The van der Waals surface area contributed by atoms with Crippen LogP contribution >= 0.6 is 0 Å². The molecule has 8 heteroatoms. The lowest BCUT2D eigenvalue weighted by atomic mass is 9.90. The molecule has 0 saturated heterocycles. The molecule has 33 heavy (non-hydrogen) atoms. The second kappa shape index (κ2) is 9.72. The first-order valence-corrected chi connectivity index (χ1v) is 10.4. The maximum Gasteiger partial charge on any atom is 0.274 e. The first-order chi connectivity index (χ1) is 16.0. The van der Waals surface area contributed by atoms with E-state index in [1.54, 1.807) is 59.1 Å². The molecule has 0 saturated carbocycles. The normalized spacial score (nSPS) is 12.9. The van der Waals surface area contributed by atoms with Crippen molar-refractivity contribution in [1.29, 1.82) is 0 Å². The Morgan fingerprint density at radius 3 is 2.58 bits per heavy atom. The predicted molar refractivity (Wildman–Crippen MR) is 120 cm³/mol. The van der Waals surface area contributed by atoms with Crippen LogP contribution in [0.25, 0.3) is 5.65 Å². The van der Waals surface area contributed by atoms with Crippen LogP contribution in [0.5, 0.6) is 0 Å². The van der Waals surface area contributed by atoms with E-state index in [1.807, 2.05) is 0 Å². The molecular formula is C25H22FN3O4. The summed E-state index contributed by atoms with van der Waals surface area (Å²) in [6.45, 7) is -0.402. The zero-order chi connectivity index (χ0) is 23.4. The topological polar surface area (TPSA) is 104 Å². The van der Waals surface area contributed by atoms with Crippen molar-refractivity contribution >= 4 is 23.0 Å². The van der Waals surface area contributed by atoms with Crippen molar-refractivity contribution < 1.29 is 24.2 Å². The Morgan fingerprint density at radius 1 is 1.06 bits per heavy atom. The number of fused-ring (bicyclic) bond motifs is 1. The Kier molecular flexibility index (Phi) is 6.58. The standard InChI is InChI=1S/C25H22FN3O4/c26-19-10-9-17(22(31)13-18(15-30)24(32)16-6-2-1-3-7-16)12-20(19)28-25(33)21-14-27-23-8-4-5-11-29(21)23/h1-12,14,18,24,30,32H,13,15H2,(H,28,33)/t18-,24-/m1/s1. The predicted octanol–water partition coefficient (Wildman–Crippen LogP) is 3.64. The van der Waals surface area contributed by atoms with E-state index in [1.165, 1.54) is 18.3 Å². The van der Waals surface area contributed by atoms with Gasteiger partial charge in [-0.2, -0.15) is 0 Å². The molecule has 3 N–H and O–H groups in total. The summed E-state index contributed by atoms with van der Waals surface area (Å²) in [5, 5.41) is 22.8. The number of aliphatic hydroxyl groups is 2. The monoisotopic (exact) mass is 447 g/mol. The highest BCUT2D eigenvalue weighted by molar-refractivity contribution is 6.04. The van der Waals surface area contributed by atoms with E-state index in [2.05, 4.69) is 10.3 Å². The third-order valence-electron chi connectivity index (χ3n) is 5.46. The van der Waals surface area contributed by atoms with Gasteiger partial charge in [-0.15, -0.1) is 0 Å². The van der Waals surface area contributed by atoms with E-state index >= 15 is 0 Å². The summed E-state index contributed by atoms with van der Waals surface area (Å²) in [4.78, 5) is 29.7. The minimum absolute atomic E-state index is 0.152. The second-order valence-electron chi connectivity index (χ2n) is 7.65. The van der Waals surface area contributed by atoms with Crippen LogP contribution in [0.3, 0.4) is 0 Å². The van der Waals surface area contributed by atoms with Gasteiger partial charge < -0.3 is 15.5 Å². The summed E-state index contributed by atoms with van der Waals surface area (Å²) in [7, 11) is 0. The van der Waals surface area contributed by atoms with E-state index in [4.69, 9.17) is 0 Å². The van der Waals surface area contributed by atoms with Crippen LogP contribution < -0.4 is 5.32 Å². The third kappa shape index (κ3) is 4.82. The minimum Gasteiger partial charge on any atom is -0.396 e. The molecule has 0 spiro atoms. The lowest BCUT2D eigenvalue weighted by Gasteiger charge is -2.21. The van der Waals surface area contributed by atoms with Crippen LogP contribution in [0, 0.1) is 11.7 Å². The van der Waals surface area contributed by atoms with Gasteiger partial charge in [0.1, 0.15) is 17.2 Å². The number of ketones is 1. The van der Waals surface area contributed by atoms with E-state index in [-0.39, 0.29) is 23.4 Å².